The van der Waals surface area contributed by atoms with Crippen molar-refractivity contribution in [1.82, 2.24) is 25.8 Å². The van der Waals surface area contributed by atoms with Crippen molar-refractivity contribution < 1.29 is 28.8 Å². The van der Waals surface area contributed by atoms with E-state index in [2.05, 4.69) is 43.6 Å². The van der Waals surface area contributed by atoms with E-state index < -0.39 is 53.1 Å². The van der Waals surface area contributed by atoms with Crippen LogP contribution >= 0.6 is 0 Å². The lowest BCUT2D eigenvalue weighted by Gasteiger charge is -2.35. The number of carbonyl (C=O) groups excluding carboxylic acids is 6. The first-order chi connectivity index (χ1) is 23.7. The number of hydrogen-bond donors (Lipinski definition) is 4. The van der Waals surface area contributed by atoms with Crippen LogP contribution in [0.4, 0.5) is 4.79 Å². The van der Waals surface area contributed by atoms with E-state index in [0.717, 1.165) is 23.0 Å². The summed E-state index contributed by atoms with van der Waals surface area (Å²) >= 11 is 0. The van der Waals surface area contributed by atoms with Crippen LogP contribution in [-0.2, 0) is 37.1 Å². The lowest BCUT2D eigenvalue weighted by Crippen LogP contribution is -2.59. The average molecular weight is 713 g/mol. The van der Waals surface area contributed by atoms with Crippen LogP contribution in [0.25, 0.3) is 0 Å². The second kappa shape index (κ2) is 19.6. The summed E-state index contributed by atoms with van der Waals surface area (Å²) in [4.78, 5) is 79.1. The van der Waals surface area contributed by atoms with Gasteiger partial charge in [0.15, 0.2) is 0 Å². The van der Waals surface area contributed by atoms with E-state index >= 15 is 0 Å². The number of rotatable bonds is 10. The van der Waals surface area contributed by atoms with Crippen LogP contribution in [0, 0.1) is 29.1 Å². The van der Waals surface area contributed by atoms with Crippen LogP contribution in [0.2, 0.25) is 0 Å². The Bertz CT molecular complexity index is 1340. The number of Topliss-reactive ketones (excluding diaryl/α,β-unsaturated/α-hetero) is 1. The van der Waals surface area contributed by atoms with Gasteiger partial charge in [0.2, 0.25) is 23.5 Å². The lowest BCUT2D eigenvalue weighted by atomic mass is 9.85. The van der Waals surface area contributed by atoms with Crippen molar-refractivity contribution in [2.45, 2.75) is 133 Å². The molecule has 4 rings (SSSR count). The van der Waals surface area contributed by atoms with Gasteiger partial charge in [-0.25, -0.2) is 4.79 Å². The number of nitrogens with two attached hydrogens (primary N) is 1. The Kier molecular flexibility index (Phi) is 16.6. The summed E-state index contributed by atoms with van der Waals surface area (Å²) in [5.41, 5.74) is 6.59. The largest absolute Gasteiger partial charge is 0.363 e. The average Bonchev–Trinajstić information content (AvgIpc) is 3.67. The van der Waals surface area contributed by atoms with Crippen LogP contribution < -0.4 is 21.7 Å². The molecule has 1 aromatic carbocycles. The van der Waals surface area contributed by atoms with Crippen molar-refractivity contribution in [3.8, 4) is 0 Å². The van der Waals surface area contributed by atoms with E-state index in [1.54, 1.807) is 4.90 Å². The van der Waals surface area contributed by atoms with Crippen molar-refractivity contribution in [1.29, 1.82) is 0 Å². The molecule has 0 spiro atoms. The van der Waals surface area contributed by atoms with Gasteiger partial charge in [-0.1, -0.05) is 106 Å². The Balaban J connectivity index is 0.000000877. The van der Waals surface area contributed by atoms with E-state index in [-0.39, 0.29) is 30.7 Å². The molecule has 0 aromatic heterocycles. The number of nitrogens with one attached hydrogen (secondary N) is 3. The van der Waals surface area contributed by atoms with Crippen molar-refractivity contribution in [2.75, 3.05) is 13.1 Å². The second-order valence-corrected chi connectivity index (χ2v) is 16.4. The minimum atomic E-state index is -1.16. The zero-order valence-corrected chi connectivity index (χ0v) is 32.6. The molecule has 1 aliphatic carbocycles. The summed E-state index contributed by atoms with van der Waals surface area (Å²) < 4.78 is 0. The number of hydrogen-bond acceptors (Lipinski definition) is 6. The number of primary amides is 1. The quantitative estimate of drug-likeness (QED) is 0.260. The predicted molar refractivity (Wildman–Crippen MR) is 199 cm³/mol. The van der Waals surface area contributed by atoms with Gasteiger partial charge in [-0.15, -0.1) is 0 Å². The maximum Gasteiger partial charge on any atom is 0.315 e. The minimum absolute atomic E-state index is 0.0176. The third kappa shape index (κ3) is 13.6. The molecule has 0 bridgehead atoms. The summed E-state index contributed by atoms with van der Waals surface area (Å²) in [6.45, 7) is 21.1. The summed E-state index contributed by atoms with van der Waals surface area (Å²) in [6.07, 6.45) is 4.95. The third-order valence-corrected chi connectivity index (χ3v) is 9.46. The molecule has 3 aliphatic rings. The second-order valence-electron chi connectivity index (χ2n) is 16.4. The van der Waals surface area contributed by atoms with E-state index in [9.17, 15) is 28.8 Å². The molecule has 1 saturated carbocycles. The maximum absolute atomic E-state index is 13.9. The van der Waals surface area contributed by atoms with Gasteiger partial charge in [0.1, 0.15) is 12.1 Å². The van der Waals surface area contributed by atoms with Gasteiger partial charge < -0.3 is 31.5 Å². The highest BCUT2D eigenvalue weighted by atomic mass is 16.2. The van der Waals surface area contributed by atoms with E-state index in [4.69, 9.17) is 5.73 Å². The normalized spacial score (nSPS) is 19.4. The van der Waals surface area contributed by atoms with Gasteiger partial charge in [0.05, 0.1) is 6.04 Å². The number of benzene rings is 1. The van der Waals surface area contributed by atoms with E-state index in [1.165, 1.54) is 31.1 Å². The molecular weight excluding hydrogens is 648 g/mol. The molecule has 0 radical (unpaired) electrons. The van der Waals surface area contributed by atoms with E-state index in [0.29, 0.717) is 26.1 Å². The predicted octanol–water partition coefficient (Wildman–Crippen LogP) is 4.53. The van der Waals surface area contributed by atoms with Gasteiger partial charge in [-0.3, -0.25) is 24.0 Å². The molecule has 4 unspecified atom stereocenters. The van der Waals surface area contributed by atoms with Crippen molar-refractivity contribution in [3.63, 3.8) is 0 Å². The summed E-state index contributed by atoms with van der Waals surface area (Å²) in [7, 11) is 0. The molecule has 4 atom stereocenters. The zero-order chi connectivity index (χ0) is 38.6. The van der Waals surface area contributed by atoms with Crippen LogP contribution in [0.5, 0.6) is 0 Å². The summed E-state index contributed by atoms with van der Waals surface area (Å²) in [5.74, 6) is -1.07. The molecule has 12 nitrogen and oxygen atoms in total. The van der Waals surface area contributed by atoms with Gasteiger partial charge in [0, 0.05) is 32.6 Å². The number of fused-ring (bicyclic) bond motifs is 1. The summed E-state index contributed by atoms with van der Waals surface area (Å²) in [6, 6.07) is 4.28. The Labute approximate surface area is 305 Å². The number of amides is 6. The third-order valence-electron chi connectivity index (χ3n) is 9.46. The van der Waals surface area contributed by atoms with Gasteiger partial charge in [0.25, 0.3) is 5.91 Å². The Hall–Kier alpha value is -3.96. The number of carbonyl (C=O) groups is 6. The fraction of sp³-hybridized carbons (Fsp3) is 0.692. The lowest BCUT2D eigenvalue weighted by molar-refractivity contribution is -0.143. The minimum Gasteiger partial charge on any atom is -0.363 e. The first-order valence-electron chi connectivity index (χ1n) is 18.6. The molecule has 1 aromatic rings. The Morgan fingerprint density at radius 3 is 1.86 bits per heavy atom. The molecule has 5 N–H and O–H groups in total. The number of likely N-dealkylation sites (tertiary alicyclic amines) is 1. The number of ketones is 1. The van der Waals surface area contributed by atoms with Crippen molar-refractivity contribution in [3.05, 3.63) is 35.4 Å². The number of urea groups is 1. The molecule has 51 heavy (non-hydrogen) atoms. The highest BCUT2D eigenvalue weighted by Crippen LogP contribution is 2.32. The molecule has 2 fully saturated rings. The van der Waals surface area contributed by atoms with Crippen LogP contribution in [0.15, 0.2) is 24.3 Å². The molecule has 286 valence electrons. The molecule has 6 amide bonds. The maximum atomic E-state index is 13.9. The highest BCUT2D eigenvalue weighted by Gasteiger charge is 2.46. The van der Waals surface area contributed by atoms with Crippen LogP contribution in [-0.4, -0.2) is 76.5 Å². The molecule has 2 heterocycles. The summed E-state index contributed by atoms with van der Waals surface area (Å²) in [5, 5.41) is 7.96. The molecule has 2 aliphatic heterocycles. The topological polar surface area (TPSA) is 171 Å². The highest BCUT2D eigenvalue weighted by molar-refractivity contribution is 6.37. The first-order valence-corrected chi connectivity index (χ1v) is 18.6. The van der Waals surface area contributed by atoms with Crippen molar-refractivity contribution >= 4 is 35.4 Å². The van der Waals surface area contributed by atoms with Crippen LogP contribution in [0.1, 0.15) is 112 Å². The Morgan fingerprint density at radius 2 is 1.43 bits per heavy atom. The number of nitrogens with zero attached hydrogens (tertiary/aromatic N) is 2. The smallest absolute Gasteiger partial charge is 0.315 e. The molecular formula is C39H64N6O6. The van der Waals surface area contributed by atoms with Gasteiger partial charge in [-0.05, 0) is 53.6 Å². The first kappa shape index (κ1) is 43.2. The standard InChI is InChI=1S/C30H44N6O6.C5H10.C4H10/c1-17(2)21-13-22(27(40)33-18(3)24(38)26(31)39)36(16-21)28(41)25(30(4,5)6)34-29(42)32-12-11-23(37)35-14-19-9-7-8-10-20(19)15-35;1-5-3-2-4-5;1-4(2)3/h7-10,17-18,21-22,25H,11-16H2,1-6H3,(H2,31,39)(H,33,40)(H2,32,34,42);5H,2-4H2,1H3;4H,1-3H3. The SMILES string of the molecule is CC(C)C.CC(NC(=O)C1CC(C(C)C)CN1C(=O)C(NC(=O)NCCC(=O)N1Cc2ccccc2C1)C(C)(C)C)C(=O)C(N)=O.CC1CCC1. The molecule has 12 heteroatoms. The Morgan fingerprint density at radius 1 is 0.902 bits per heavy atom. The van der Waals surface area contributed by atoms with Crippen LogP contribution in [0.3, 0.4) is 0 Å². The fourth-order valence-electron chi connectivity index (χ4n) is 5.99. The monoisotopic (exact) mass is 712 g/mol. The fourth-order valence-corrected chi connectivity index (χ4v) is 5.99. The van der Waals surface area contributed by atoms with Crippen molar-refractivity contribution in [2.24, 2.45) is 34.8 Å². The van der Waals surface area contributed by atoms with Gasteiger partial charge >= 0.3 is 6.03 Å². The zero-order valence-electron chi connectivity index (χ0n) is 32.6. The van der Waals surface area contributed by atoms with E-state index in [1.807, 2.05) is 58.9 Å². The molecule has 1 saturated heterocycles. The van der Waals surface area contributed by atoms with Gasteiger partial charge in [-0.2, -0.15) is 0 Å².